The zero-order valence-electron chi connectivity index (χ0n) is 14.6. The second-order valence-corrected chi connectivity index (χ2v) is 8.11. The van der Waals surface area contributed by atoms with E-state index in [0.717, 1.165) is 12.8 Å². The number of halogens is 1. The highest BCUT2D eigenvalue weighted by atomic mass is 32.2. The molecule has 0 aromatic carbocycles. The number of carbonyl (C=O) groups excluding carboxylic acids is 2. The Labute approximate surface area is 159 Å². The number of hydrogen-bond acceptors (Lipinski definition) is 7. The van der Waals surface area contributed by atoms with E-state index < -0.39 is 23.1 Å². The number of carbonyl (C=O) groups is 2. The molecular weight excluding hydrogens is 375 g/mol. The van der Waals surface area contributed by atoms with Gasteiger partial charge in [-0.1, -0.05) is 11.9 Å². The maximum atomic E-state index is 14.8. The molecule has 3 heterocycles. The molecular formula is C17H21FN4O4S. The van der Waals surface area contributed by atoms with Crippen LogP contribution in [0.5, 0.6) is 5.88 Å². The summed E-state index contributed by atoms with van der Waals surface area (Å²) in [7, 11) is 0. The Hall–Kier alpha value is -1.91. The second kappa shape index (κ2) is 6.92. The van der Waals surface area contributed by atoms with E-state index in [1.54, 1.807) is 0 Å². The molecule has 0 spiro atoms. The van der Waals surface area contributed by atoms with E-state index in [1.165, 1.54) is 24.1 Å². The highest BCUT2D eigenvalue weighted by molar-refractivity contribution is 7.98. The number of rotatable bonds is 8. The minimum atomic E-state index is -1.64. The largest absolute Gasteiger partial charge is 0.477 e. The van der Waals surface area contributed by atoms with Gasteiger partial charge in [0.1, 0.15) is 11.4 Å². The number of amides is 2. The first kappa shape index (κ1) is 18.5. The quantitative estimate of drug-likeness (QED) is 0.552. The van der Waals surface area contributed by atoms with Gasteiger partial charge in [-0.3, -0.25) is 9.59 Å². The van der Waals surface area contributed by atoms with Gasteiger partial charge in [-0.2, -0.15) is 0 Å². The maximum Gasteiger partial charge on any atom is 0.271 e. The van der Waals surface area contributed by atoms with E-state index in [0.29, 0.717) is 23.8 Å². The summed E-state index contributed by atoms with van der Waals surface area (Å²) in [5.74, 6) is 0.0879. The number of hydrogen-bond donors (Lipinski definition) is 3. The fourth-order valence-electron chi connectivity index (χ4n) is 2.95. The van der Waals surface area contributed by atoms with Gasteiger partial charge >= 0.3 is 0 Å². The monoisotopic (exact) mass is 396 g/mol. The average Bonchev–Trinajstić information content (AvgIpc) is 3.39. The Morgan fingerprint density at radius 3 is 2.70 bits per heavy atom. The average molecular weight is 396 g/mol. The van der Waals surface area contributed by atoms with Crippen LogP contribution in [-0.4, -0.2) is 48.0 Å². The van der Waals surface area contributed by atoms with Crippen LogP contribution >= 0.6 is 11.9 Å². The molecule has 0 bridgehead atoms. The topological polar surface area (TPSA) is 116 Å². The summed E-state index contributed by atoms with van der Waals surface area (Å²) in [6.07, 6.45) is 2.14. The molecule has 10 heteroatoms. The van der Waals surface area contributed by atoms with Crippen LogP contribution in [0.15, 0.2) is 12.1 Å². The molecule has 2 aliphatic heterocycles. The van der Waals surface area contributed by atoms with Crippen LogP contribution < -0.4 is 20.5 Å². The summed E-state index contributed by atoms with van der Waals surface area (Å²) in [6, 6.07) is 2.98. The van der Waals surface area contributed by atoms with Crippen molar-refractivity contribution in [1.29, 1.82) is 0 Å². The molecule has 4 N–H and O–H groups in total. The molecule has 1 aromatic heterocycles. The van der Waals surface area contributed by atoms with E-state index >= 15 is 0 Å². The van der Waals surface area contributed by atoms with E-state index in [9.17, 15) is 14.0 Å². The molecule has 8 nitrogen and oxygen atoms in total. The number of primary amides is 1. The Morgan fingerprint density at radius 2 is 2.19 bits per heavy atom. The molecule has 1 saturated carbocycles. The van der Waals surface area contributed by atoms with Gasteiger partial charge in [0, 0.05) is 5.75 Å². The molecule has 0 radical (unpaired) electrons. The van der Waals surface area contributed by atoms with Gasteiger partial charge in [0.25, 0.3) is 5.91 Å². The van der Waals surface area contributed by atoms with Gasteiger partial charge in [0.05, 0.1) is 31.8 Å². The van der Waals surface area contributed by atoms with E-state index in [4.69, 9.17) is 15.2 Å². The summed E-state index contributed by atoms with van der Waals surface area (Å²) in [4.78, 5) is 28.2. The molecule has 1 aliphatic carbocycles. The molecule has 146 valence electrons. The van der Waals surface area contributed by atoms with E-state index in [2.05, 4.69) is 15.0 Å². The molecule has 27 heavy (non-hydrogen) atoms. The number of nitrogens with one attached hydrogen (secondary N) is 2. The number of ether oxygens (including phenoxy) is 2. The lowest BCUT2D eigenvalue weighted by molar-refractivity contribution is -0.136. The van der Waals surface area contributed by atoms with Crippen LogP contribution in [-0.2, 0) is 15.2 Å². The summed E-state index contributed by atoms with van der Waals surface area (Å²) < 4.78 is 28.5. The molecule has 3 aliphatic rings. The third-order valence-electron chi connectivity index (χ3n) is 4.80. The maximum absolute atomic E-state index is 14.8. The molecule has 4 rings (SSSR count). The van der Waals surface area contributed by atoms with Crippen LogP contribution in [0, 0.1) is 5.92 Å². The van der Waals surface area contributed by atoms with Crippen LogP contribution in [0.4, 0.5) is 4.39 Å². The van der Waals surface area contributed by atoms with Gasteiger partial charge in [-0.05, 0) is 30.9 Å². The molecule has 2 amide bonds. The van der Waals surface area contributed by atoms with Crippen LogP contribution in [0.25, 0.3) is 0 Å². The van der Waals surface area contributed by atoms with Crippen LogP contribution in [0.3, 0.4) is 0 Å². The Morgan fingerprint density at radius 1 is 1.44 bits per heavy atom. The van der Waals surface area contributed by atoms with Gasteiger partial charge in [0.2, 0.25) is 11.8 Å². The lowest BCUT2D eigenvalue weighted by atomic mass is 9.94. The Bertz CT molecular complexity index is 765. The van der Waals surface area contributed by atoms with Gasteiger partial charge in [0.15, 0.2) is 5.67 Å². The minimum absolute atomic E-state index is 0.0280. The summed E-state index contributed by atoms with van der Waals surface area (Å²) >= 11 is 1.38. The highest BCUT2D eigenvalue weighted by Gasteiger charge is 2.45. The molecule has 1 aromatic rings. The smallest absolute Gasteiger partial charge is 0.271 e. The number of aromatic nitrogens is 1. The van der Waals surface area contributed by atoms with Crippen LogP contribution in [0.2, 0.25) is 0 Å². The van der Waals surface area contributed by atoms with E-state index in [1.807, 2.05) is 0 Å². The van der Waals surface area contributed by atoms with Crippen molar-refractivity contribution in [2.24, 2.45) is 11.7 Å². The minimum Gasteiger partial charge on any atom is -0.477 e. The molecule has 1 atom stereocenters. The highest BCUT2D eigenvalue weighted by Crippen LogP contribution is 2.39. The summed E-state index contributed by atoms with van der Waals surface area (Å²) in [5.41, 5.74) is 3.13. The van der Waals surface area contributed by atoms with Gasteiger partial charge in [-0.25, -0.2) is 14.1 Å². The molecule has 2 saturated heterocycles. The van der Waals surface area contributed by atoms with E-state index in [-0.39, 0.29) is 31.2 Å². The van der Waals surface area contributed by atoms with Crippen molar-refractivity contribution in [2.45, 2.75) is 30.6 Å². The first-order valence-corrected chi connectivity index (χ1v) is 9.78. The zero-order valence-corrected chi connectivity index (χ0v) is 15.4. The second-order valence-electron chi connectivity index (χ2n) is 7.33. The van der Waals surface area contributed by atoms with Crippen molar-refractivity contribution < 1.29 is 23.5 Å². The number of nitrogens with two attached hydrogens (primary N) is 1. The lowest BCUT2D eigenvalue weighted by Crippen LogP contribution is -2.66. The van der Waals surface area contributed by atoms with Gasteiger partial charge < -0.3 is 20.5 Å². The third-order valence-corrected chi connectivity index (χ3v) is 5.98. The fraction of sp³-hybridized carbons (Fsp3) is 0.588. The summed E-state index contributed by atoms with van der Waals surface area (Å²) in [6.45, 7) is 0.345. The molecule has 1 unspecified atom stereocenters. The lowest BCUT2D eigenvalue weighted by Gasteiger charge is -2.41. The normalized spacial score (nSPS) is 25.8. The van der Waals surface area contributed by atoms with Crippen molar-refractivity contribution in [3.8, 4) is 5.88 Å². The van der Waals surface area contributed by atoms with Crippen LogP contribution in [0.1, 0.15) is 35.3 Å². The van der Waals surface area contributed by atoms with Crippen molar-refractivity contribution in [3.05, 3.63) is 23.4 Å². The number of nitrogens with zero attached hydrogens (tertiary/aromatic N) is 1. The first-order chi connectivity index (χ1) is 12.9. The zero-order chi connectivity index (χ0) is 19.1. The van der Waals surface area contributed by atoms with Crippen molar-refractivity contribution in [3.63, 3.8) is 0 Å². The number of alkyl halides is 1. The van der Waals surface area contributed by atoms with Crippen molar-refractivity contribution in [1.82, 2.24) is 15.0 Å². The molecule has 3 fully saturated rings. The summed E-state index contributed by atoms with van der Waals surface area (Å²) in [5, 5.41) is 2.76. The SMILES string of the molecule is NC(=O)CC1(NC(=O)c2ccc(C3(F)COC3)c(OCC3CC3)n2)CSN1. The number of pyridine rings is 1. The van der Waals surface area contributed by atoms with Crippen molar-refractivity contribution in [2.75, 3.05) is 25.6 Å². The van der Waals surface area contributed by atoms with Gasteiger partial charge in [-0.15, -0.1) is 0 Å². The Kier molecular flexibility index (Phi) is 4.73. The fourth-order valence-corrected chi connectivity index (χ4v) is 3.74. The standard InChI is InChI=1S/C17H21FN4O4S/c18-16(7-25-8-16)11-3-4-12(20-15(11)26-6-10-1-2-10)14(24)21-17(5-13(19)23)9-27-22-17/h3-4,10,22H,1-2,5-9H2,(H2,19,23)(H,21,24). The van der Waals surface area contributed by atoms with Crippen molar-refractivity contribution >= 4 is 23.8 Å². The predicted molar refractivity (Wildman–Crippen MR) is 95.7 cm³/mol. The first-order valence-electron chi connectivity index (χ1n) is 8.80. The third kappa shape index (κ3) is 3.87. The predicted octanol–water partition coefficient (Wildman–Crippen LogP) is 0.618. The Balaban J connectivity index is 1.53.